The molecule has 1 aliphatic heterocycles. The van der Waals surface area contributed by atoms with Gasteiger partial charge in [-0.3, -0.25) is 0 Å². The lowest BCUT2D eigenvalue weighted by atomic mass is 10.0. The van der Waals surface area contributed by atoms with Crippen LogP contribution in [0, 0.1) is 0 Å². The van der Waals surface area contributed by atoms with Gasteiger partial charge in [-0.1, -0.05) is 103 Å². The molecule has 1 nitrogen and oxygen atoms in total. The third-order valence-electron chi connectivity index (χ3n) is 6.70. The molecule has 0 N–H and O–H groups in total. The molecule has 1 heteroatoms. The highest BCUT2D eigenvalue weighted by atomic mass is 15.3. The molecule has 0 amide bonds. The van der Waals surface area contributed by atoms with Gasteiger partial charge in [-0.05, 0) is 32.1 Å². The molecule has 0 aromatic heterocycles. The summed E-state index contributed by atoms with van der Waals surface area (Å²) in [5.41, 5.74) is 0. The molecule has 1 heterocycles. The second-order valence-electron chi connectivity index (χ2n) is 9.51. The fraction of sp³-hybridized carbons (Fsp3) is 1.00. The van der Waals surface area contributed by atoms with Gasteiger partial charge in [0, 0.05) is 0 Å². The first-order valence-corrected chi connectivity index (χ1v) is 12.6. The number of rotatable bonds is 18. The van der Waals surface area contributed by atoms with E-state index in [-0.39, 0.29) is 0 Å². The SMILES string of the molecule is CCCCCCCCCCCCCCCCCCC[N+]1(C)CCCCC1. The van der Waals surface area contributed by atoms with E-state index in [0.29, 0.717) is 0 Å². The van der Waals surface area contributed by atoms with Crippen LogP contribution in [0.3, 0.4) is 0 Å². The van der Waals surface area contributed by atoms with Crippen LogP contribution in [0.2, 0.25) is 0 Å². The highest BCUT2D eigenvalue weighted by molar-refractivity contribution is 4.53. The van der Waals surface area contributed by atoms with Crippen molar-refractivity contribution in [3.8, 4) is 0 Å². The van der Waals surface area contributed by atoms with Crippen LogP contribution in [0.4, 0.5) is 0 Å². The zero-order valence-corrected chi connectivity index (χ0v) is 18.7. The molecule has 1 saturated heterocycles. The zero-order valence-electron chi connectivity index (χ0n) is 18.7. The van der Waals surface area contributed by atoms with E-state index in [1.54, 1.807) is 0 Å². The van der Waals surface area contributed by atoms with Crippen LogP contribution in [0.25, 0.3) is 0 Å². The molecule has 0 radical (unpaired) electrons. The molecule has 1 aliphatic rings. The van der Waals surface area contributed by atoms with Gasteiger partial charge >= 0.3 is 0 Å². The van der Waals surface area contributed by atoms with E-state index in [4.69, 9.17) is 0 Å². The Morgan fingerprint density at radius 1 is 0.462 bits per heavy atom. The maximum absolute atomic E-state index is 2.49. The molecule has 0 bridgehead atoms. The van der Waals surface area contributed by atoms with Crippen molar-refractivity contribution in [2.45, 2.75) is 135 Å². The summed E-state index contributed by atoms with van der Waals surface area (Å²) in [4.78, 5) is 0. The maximum Gasteiger partial charge on any atom is 0.0784 e. The predicted octanol–water partition coefficient (Wildman–Crippen LogP) is 8.27. The summed E-state index contributed by atoms with van der Waals surface area (Å²) in [6, 6.07) is 0. The average molecular weight is 367 g/mol. The summed E-state index contributed by atoms with van der Waals surface area (Å²) in [5, 5.41) is 0. The van der Waals surface area contributed by atoms with Crippen LogP contribution < -0.4 is 0 Å². The van der Waals surface area contributed by atoms with Crippen LogP contribution in [-0.2, 0) is 0 Å². The zero-order chi connectivity index (χ0) is 18.8. The molecular weight excluding hydrogens is 314 g/mol. The number of hydrogen-bond donors (Lipinski definition) is 0. The Bertz CT molecular complexity index is 280. The van der Waals surface area contributed by atoms with Crippen molar-refractivity contribution >= 4 is 0 Å². The monoisotopic (exact) mass is 366 g/mol. The predicted molar refractivity (Wildman–Crippen MR) is 119 cm³/mol. The molecule has 0 aromatic rings. The van der Waals surface area contributed by atoms with Crippen molar-refractivity contribution in [3.05, 3.63) is 0 Å². The highest BCUT2D eigenvalue weighted by Crippen LogP contribution is 2.18. The molecule has 1 fully saturated rings. The Balaban J connectivity index is 1.71. The summed E-state index contributed by atoms with van der Waals surface area (Å²) in [6.07, 6.45) is 29.5. The van der Waals surface area contributed by atoms with Crippen molar-refractivity contribution in [1.82, 2.24) is 0 Å². The van der Waals surface area contributed by atoms with Gasteiger partial charge in [0.05, 0.1) is 26.7 Å². The van der Waals surface area contributed by atoms with Gasteiger partial charge in [0.1, 0.15) is 0 Å². The summed E-state index contributed by atoms with van der Waals surface area (Å²) in [6.45, 7) is 6.63. The Morgan fingerprint density at radius 3 is 1.19 bits per heavy atom. The van der Waals surface area contributed by atoms with Crippen molar-refractivity contribution in [2.24, 2.45) is 0 Å². The van der Waals surface area contributed by atoms with Crippen LogP contribution in [0.5, 0.6) is 0 Å². The number of unbranched alkanes of at least 4 members (excludes halogenated alkanes) is 16. The van der Waals surface area contributed by atoms with E-state index >= 15 is 0 Å². The Kier molecular flexibility index (Phi) is 15.8. The summed E-state index contributed by atoms with van der Waals surface area (Å²) in [5.74, 6) is 0. The molecule has 0 aliphatic carbocycles. The number of piperidine rings is 1. The third kappa shape index (κ3) is 14.1. The molecule has 0 atom stereocenters. The fourth-order valence-electron chi connectivity index (χ4n) is 4.72. The van der Waals surface area contributed by atoms with Crippen LogP contribution in [0.1, 0.15) is 135 Å². The molecular formula is C25H52N+. The maximum atomic E-state index is 2.49. The average Bonchev–Trinajstić information content (AvgIpc) is 2.65. The van der Waals surface area contributed by atoms with Gasteiger partial charge in [0.25, 0.3) is 0 Å². The van der Waals surface area contributed by atoms with Gasteiger partial charge in [-0.2, -0.15) is 0 Å². The molecule has 0 aromatic carbocycles. The van der Waals surface area contributed by atoms with Gasteiger partial charge in [0.2, 0.25) is 0 Å². The first kappa shape index (κ1) is 24.0. The van der Waals surface area contributed by atoms with Crippen LogP contribution >= 0.6 is 0 Å². The Morgan fingerprint density at radius 2 is 0.808 bits per heavy atom. The Hall–Kier alpha value is -0.0400. The lowest BCUT2D eigenvalue weighted by molar-refractivity contribution is -0.914. The van der Waals surface area contributed by atoms with E-state index < -0.39 is 0 Å². The normalized spacial score (nSPS) is 16.8. The number of likely N-dealkylation sites (tertiary alicyclic amines) is 1. The molecule has 26 heavy (non-hydrogen) atoms. The smallest absolute Gasteiger partial charge is 0.0784 e. The lowest BCUT2D eigenvalue weighted by Gasteiger charge is -2.37. The lowest BCUT2D eigenvalue weighted by Crippen LogP contribution is -2.48. The number of quaternary nitrogens is 1. The molecule has 0 spiro atoms. The van der Waals surface area contributed by atoms with Gasteiger partial charge in [-0.25, -0.2) is 0 Å². The molecule has 1 rings (SSSR count). The summed E-state index contributed by atoms with van der Waals surface area (Å²) in [7, 11) is 2.49. The summed E-state index contributed by atoms with van der Waals surface area (Å²) >= 11 is 0. The van der Waals surface area contributed by atoms with Crippen molar-refractivity contribution in [2.75, 3.05) is 26.7 Å². The number of nitrogens with zero attached hydrogens (tertiary/aromatic N) is 1. The minimum atomic E-state index is 1.37. The molecule has 156 valence electrons. The van der Waals surface area contributed by atoms with Crippen molar-refractivity contribution in [3.63, 3.8) is 0 Å². The van der Waals surface area contributed by atoms with E-state index in [9.17, 15) is 0 Å². The van der Waals surface area contributed by atoms with Crippen molar-refractivity contribution < 1.29 is 4.48 Å². The Labute approximate surface area is 166 Å². The van der Waals surface area contributed by atoms with E-state index in [1.165, 1.54) is 153 Å². The van der Waals surface area contributed by atoms with Gasteiger partial charge < -0.3 is 4.48 Å². The van der Waals surface area contributed by atoms with Gasteiger partial charge in [0.15, 0.2) is 0 Å². The minimum Gasteiger partial charge on any atom is -0.326 e. The quantitative estimate of drug-likeness (QED) is 0.169. The van der Waals surface area contributed by atoms with Crippen LogP contribution in [0.15, 0.2) is 0 Å². The fourth-order valence-corrected chi connectivity index (χ4v) is 4.72. The molecule has 0 unspecified atom stereocenters. The van der Waals surface area contributed by atoms with Crippen LogP contribution in [-0.4, -0.2) is 31.2 Å². The number of hydrogen-bond acceptors (Lipinski definition) is 0. The van der Waals surface area contributed by atoms with E-state index in [0.717, 1.165) is 0 Å². The van der Waals surface area contributed by atoms with E-state index in [1.807, 2.05) is 0 Å². The standard InChI is InChI=1S/C25H52N/c1-3-4-5-6-7-8-9-10-11-12-13-14-15-16-17-18-20-23-26(2)24-21-19-22-25-26/h3-25H2,1-2H3/q+1. The summed E-state index contributed by atoms with van der Waals surface area (Å²) < 4.78 is 1.37. The van der Waals surface area contributed by atoms with E-state index in [2.05, 4.69) is 14.0 Å². The topological polar surface area (TPSA) is 0 Å². The second-order valence-corrected chi connectivity index (χ2v) is 9.51. The van der Waals surface area contributed by atoms with Gasteiger partial charge in [-0.15, -0.1) is 0 Å². The third-order valence-corrected chi connectivity index (χ3v) is 6.70. The minimum absolute atomic E-state index is 1.37. The largest absolute Gasteiger partial charge is 0.326 e. The highest BCUT2D eigenvalue weighted by Gasteiger charge is 2.23. The molecule has 0 saturated carbocycles. The van der Waals surface area contributed by atoms with Crippen molar-refractivity contribution in [1.29, 1.82) is 0 Å². The first-order chi connectivity index (χ1) is 12.8. The second kappa shape index (κ2) is 17.1. The first-order valence-electron chi connectivity index (χ1n) is 12.6.